The van der Waals surface area contributed by atoms with E-state index >= 15 is 0 Å². The number of carbonyl (C=O) groups is 1. The highest BCUT2D eigenvalue weighted by Gasteiger charge is 2.12. The predicted octanol–water partition coefficient (Wildman–Crippen LogP) is 0.485. The number of nitrogens with zero attached hydrogens (tertiary/aromatic N) is 2. The van der Waals surface area contributed by atoms with E-state index in [4.69, 9.17) is 5.26 Å². The summed E-state index contributed by atoms with van der Waals surface area (Å²) in [6.45, 7) is 1.71. The normalized spacial score (nSPS) is 16.6. The Hall–Kier alpha value is -1.56. The van der Waals surface area contributed by atoms with Crippen LogP contribution in [-0.4, -0.2) is 5.91 Å². The molecule has 1 heterocycles. The second-order valence-corrected chi connectivity index (χ2v) is 1.92. The van der Waals surface area contributed by atoms with Crippen LogP contribution in [0.1, 0.15) is 6.92 Å². The third-order valence-electron chi connectivity index (χ3n) is 1.12. The molecule has 0 aliphatic carbocycles. The minimum absolute atomic E-state index is 0.102. The van der Waals surface area contributed by atoms with E-state index in [-0.39, 0.29) is 5.57 Å². The molecule has 0 aromatic heterocycles. The molecule has 3 heteroatoms. The van der Waals surface area contributed by atoms with Crippen molar-refractivity contribution in [2.75, 3.05) is 0 Å². The number of allylic oxidation sites excluding steroid dienone is 3. The van der Waals surface area contributed by atoms with Gasteiger partial charge in [-0.25, -0.2) is 5.32 Å². The zero-order valence-corrected chi connectivity index (χ0v) is 5.46. The topological polar surface area (TPSA) is 55.0 Å². The van der Waals surface area contributed by atoms with Crippen molar-refractivity contribution >= 4 is 5.91 Å². The maximum absolute atomic E-state index is 10.7. The summed E-state index contributed by atoms with van der Waals surface area (Å²) in [5.41, 5.74) is 0.745. The van der Waals surface area contributed by atoms with Crippen molar-refractivity contribution in [1.29, 1.82) is 5.26 Å². The van der Waals surface area contributed by atoms with Crippen molar-refractivity contribution in [2.24, 2.45) is 0 Å². The molecule has 49 valence electrons. The highest BCUT2D eigenvalue weighted by atomic mass is 16.1. The maximum Gasteiger partial charge on any atom is 0.287 e. The molecule has 0 bridgehead atoms. The number of amides is 1. The standard InChI is InChI=1S/C7H5N2O/c1-5-2-3-6(4-8)7(10)9-5/h2-3H,1H3. The van der Waals surface area contributed by atoms with Crippen LogP contribution in [0.15, 0.2) is 23.4 Å². The van der Waals surface area contributed by atoms with Gasteiger partial charge in [0.2, 0.25) is 0 Å². The molecule has 0 saturated carbocycles. The quantitative estimate of drug-likeness (QED) is 0.482. The molecule has 0 unspecified atom stereocenters. The van der Waals surface area contributed by atoms with E-state index in [1.807, 2.05) is 0 Å². The Balaban J connectivity index is 2.95. The van der Waals surface area contributed by atoms with E-state index in [0.717, 1.165) is 0 Å². The van der Waals surface area contributed by atoms with Crippen molar-refractivity contribution in [3.63, 3.8) is 0 Å². The molecule has 0 aromatic rings. The lowest BCUT2D eigenvalue weighted by molar-refractivity contribution is -0.116. The van der Waals surface area contributed by atoms with Crippen molar-refractivity contribution in [1.82, 2.24) is 5.32 Å². The lowest BCUT2D eigenvalue weighted by Crippen LogP contribution is -2.17. The van der Waals surface area contributed by atoms with Crippen LogP contribution in [0.25, 0.3) is 0 Å². The summed E-state index contributed by atoms with van der Waals surface area (Å²) in [7, 11) is 0. The summed E-state index contributed by atoms with van der Waals surface area (Å²) in [5.74, 6) is -0.442. The van der Waals surface area contributed by atoms with Crippen LogP contribution in [0.3, 0.4) is 0 Å². The Morgan fingerprint density at radius 3 is 2.80 bits per heavy atom. The van der Waals surface area contributed by atoms with Gasteiger partial charge in [0, 0.05) is 5.70 Å². The van der Waals surface area contributed by atoms with Gasteiger partial charge in [0.25, 0.3) is 5.91 Å². The molecule has 0 atom stereocenters. The molecular formula is C7H5N2O. The third kappa shape index (κ3) is 1.06. The van der Waals surface area contributed by atoms with Gasteiger partial charge in [0.1, 0.15) is 11.6 Å². The van der Waals surface area contributed by atoms with Gasteiger partial charge in [-0.2, -0.15) is 5.26 Å². The van der Waals surface area contributed by atoms with Crippen LogP contribution < -0.4 is 5.32 Å². The minimum Gasteiger partial charge on any atom is -0.266 e. The van der Waals surface area contributed by atoms with Gasteiger partial charge in [-0.1, -0.05) is 0 Å². The lowest BCUT2D eigenvalue weighted by Gasteiger charge is -2.03. The zero-order valence-electron chi connectivity index (χ0n) is 5.46. The highest BCUT2D eigenvalue weighted by Crippen LogP contribution is 2.04. The van der Waals surface area contributed by atoms with Crippen LogP contribution in [0.5, 0.6) is 0 Å². The van der Waals surface area contributed by atoms with Gasteiger partial charge in [-0.3, -0.25) is 4.79 Å². The molecule has 0 fully saturated rings. The molecular weight excluding hydrogens is 128 g/mol. The molecule has 10 heavy (non-hydrogen) atoms. The number of hydrogen-bond acceptors (Lipinski definition) is 2. The second-order valence-electron chi connectivity index (χ2n) is 1.92. The Labute approximate surface area is 58.6 Å². The Morgan fingerprint density at radius 1 is 1.60 bits per heavy atom. The van der Waals surface area contributed by atoms with Gasteiger partial charge in [-0.05, 0) is 19.1 Å². The molecule has 1 amide bonds. The van der Waals surface area contributed by atoms with Crippen molar-refractivity contribution in [2.45, 2.75) is 6.92 Å². The number of rotatable bonds is 0. The lowest BCUT2D eigenvalue weighted by atomic mass is 10.2. The fourth-order valence-electron chi connectivity index (χ4n) is 0.618. The summed E-state index contributed by atoms with van der Waals surface area (Å²) in [5, 5.41) is 11.9. The molecule has 1 radical (unpaired) electrons. The van der Waals surface area contributed by atoms with Gasteiger partial charge in [-0.15, -0.1) is 0 Å². The predicted molar refractivity (Wildman–Crippen MR) is 34.6 cm³/mol. The monoisotopic (exact) mass is 133 g/mol. The zero-order chi connectivity index (χ0) is 7.56. The van der Waals surface area contributed by atoms with Crippen LogP contribution in [-0.2, 0) is 4.79 Å². The summed E-state index contributed by atoms with van der Waals surface area (Å²) in [6, 6.07) is 1.75. The SMILES string of the molecule is CC1=CC=C(C#N)C(=O)[N]1. The molecule has 0 aromatic carbocycles. The van der Waals surface area contributed by atoms with Gasteiger partial charge >= 0.3 is 0 Å². The van der Waals surface area contributed by atoms with E-state index in [9.17, 15) is 4.79 Å². The highest BCUT2D eigenvalue weighted by molar-refractivity contribution is 5.99. The average Bonchev–Trinajstić information content (AvgIpc) is 1.88. The van der Waals surface area contributed by atoms with E-state index in [1.54, 1.807) is 19.1 Å². The molecule has 1 aliphatic rings. The van der Waals surface area contributed by atoms with Crippen molar-refractivity contribution < 1.29 is 4.79 Å². The molecule has 1 aliphatic heterocycles. The fourth-order valence-corrected chi connectivity index (χ4v) is 0.618. The summed E-state index contributed by atoms with van der Waals surface area (Å²) >= 11 is 0. The average molecular weight is 133 g/mol. The van der Waals surface area contributed by atoms with Crippen molar-refractivity contribution in [3.05, 3.63) is 23.4 Å². The van der Waals surface area contributed by atoms with Crippen LogP contribution in [0.4, 0.5) is 0 Å². The summed E-state index contributed by atoms with van der Waals surface area (Å²) < 4.78 is 0. The fraction of sp³-hybridized carbons (Fsp3) is 0.143. The van der Waals surface area contributed by atoms with Gasteiger partial charge in [0.05, 0.1) is 0 Å². The first kappa shape index (κ1) is 6.56. The Morgan fingerprint density at radius 2 is 2.30 bits per heavy atom. The van der Waals surface area contributed by atoms with E-state index < -0.39 is 5.91 Å². The molecule has 1 rings (SSSR count). The van der Waals surface area contributed by atoms with E-state index in [1.165, 1.54) is 6.08 Å². The van der Waals surface area contributed by atoms with Crippen LogP contribution in [0, 0.1) is 11.3 Å². The number of hydrogen-bond donors (Lipinski definition) is 0. The second kappa shape index (κ2) is 2.36. The van der Waals surface area contributed by atoms with Gasteiger partial charge in [0.15, 0.2) is 0 Å². The maximum atomic E-state index is 10.7. The minimum atomic E-state index is -0.442. The third-order valence-corrected chi connectivity index (χ3v) is 1.12. The molecule has 0 saturated heterocycles. The van der Waals surface area contributed by atoms with Crippen molar-refractivity contribution in [3.8, 4) is 6.07 Å². The smallest absolute Gasteiger partial charge is 0.266 e. The summed E-state index contributed by atoms with van der Waals surface area (Å²) in [4.78, 5) is 10.7. The first-order valence-corrected chi connectivity index (χ1v) is 2.79. The van der Waals surface area contributed by atoms with Crippen LogP contribution in [0.2, 0.25) is 0 Å². The Bertz CT molecular complexity index is 268. The number of nitriles is 1. The largest absolute Gasteiger partial charge is 0.287 e. The molecule has 0 spiro atoms. The van der Waals surface area contributed by atoms with E-state index in [2.05, 4.69) is 5.32 Å². The molecule has 0 N–H and O–H groups in total. The Kier molecular flexibility index (Phi) is 1.55. The first-order chi connectivity index (χ1) is 4.74. The molecule has 3 nitrogen and oxygen atoms in total. The van der Waals surface area contributed by atoms with Crippen LogP contribution >= 0.6 is 0 Å². The summed E-state index contributed by atoms with van der Waals surface area (Å²) in [6.07, 6.45) is 3.12. The number of carbonyl (C=O) groups excluding carboxylic acids is 1. The van der Waals surface area contributed by atoms with E-state index in [0.29, 0.717) is 5.70 Å². The first-order valence-electron chi connectivity index (χ1n) is 2.79. The van der Waals surface area contributed by atoms with Gasteiger partial charge < -0.3 is 0 Å².